The third kappa shape index (κ3) is 1.86. The molecule has 0 saturated carbocycles. The first-order valence-electron chi connectivity index (χ1n) is 4.95. The number of nitrogens with zero attached hydrogens (tertiary/aromatic N) is 1. The van der Waals surface area contributed by atoms with Crippen LogP contribution in [-0.2, 0) is 9.59 Å². The van der Waals surface area contributed by atoms with Crippen molar-refractivity contribution >= 4 is 11.8 Å². The Labute approximate surface area is 84.8 Å². The fourth-order valence-electron chi connectivity index (χ4n) is 1.97. The van der Waals surface area contributed by atoms with E-state index in [0.29, 0.717) is 13.0 Å². The molecule has 2 amide bonds. The third-order valence-electron chi connectivity index (χ3n) is 2.85. The Balaban J connectivity index is 2.85. The molecule has 0 radical (unpaired) electrons. The van der Waals surface area contributed by atoms with E-state index in [4.69, 9.17) is 0 Å². The highest BCUT2D eigenvalue weighted by Crippen LogP contribution is 2.34. The largest absolute Gasteiger partial charge is 0.282 e. The summed E-state index contributed by atoms with van der Waals surface area (Å²) in [4.78, 5) is 24.5. The van der Waals surface area contributed by atoms with Crippen LogP contribution in [0.3, 0.4) is 0 Å². The van der Waals surface area contributed by atoms with Crippen molar-refractivity contribution in [1.29, 1.82) is 0 Å². The van der Waals surface area contributed by atoms with Crippen LogP contribution in [0.15, 0.2) is 12.7 Å². The van der Waals surface area contributed by atoms with E-state index in [2.05, 4.69) is 6.58 Å². The molecule has 14 heavy (non-hydrogen) atoms. The minimum absolute atomic E-state index is 0.0452. The van der Waals surface area contributed by atoms with Gasteiger partial charge in [-0.2, -0.15) is 0 Å². The maximum absolute atomic E-state index is 11.9. The molecule has 0 aliphatic carbocycles. The molecule has 3 heteroatoms. The van der Waals surface area contributed by atoms with Crippen LogP contribution in [0.5, 0.6) is 0 Å². The van der Waals surface area contributed by atoms with E-state index in [-0.39, 0.29) is 11.8 Å². The lowest BCUT2D eigenvalue weighted by atomic mass is 9.78. The number of hydrogen-bond donors (Lipinski definition) is 0. The molecule has 1 heterocycles. The molecule has 1 rings (SSSR count). The highest BCUT2D eigenvalue weighted by Gasteiger charge is 2.39. The second-order valence-electron chi connectivity index (χ2n) is 4.13. The molecular weight excluding hydrogens is 178 g/mol. The topological polar surface area (TPSA) is 37.4 Å². The van der Waals surface area contributed by atoms with Crippen LogP contribution in [0.25, 0.3) is 0 Å². The molecule has 0 aromatic heterocycles. The third-order valence-corrected chi connectivity index (χ3v) is 2.85. The second-order valence-corrected chi connectivity index (χ2v) is 4.13. The van der Waals surface area contributed by atoms with Gasteiger partial charge in [0.2, 0.25) is 11.8 Å². The van der Waals surface area contributed by atoms with Gasteiger partial charge in [0.05, 0.1) is 5.41 Å². The summed E-state index contributed by atoms with van der Waals surface area (Å²) in [6.45, 7) is 7.57. The summed E-state index contributed by atoms with van der Waals surface area (Å²) in [5.41, 5.74) is -0.411. The molecular formula is C11H17NO2. The van der Waals surface area contributed by atoms with Crippen LogP contribution in [0, 0.1) is 5.41 Å². The minimum atomic E-state index is -0.411. The molecule has 3 nitrogen and oxygen atoms in total. The molecule has 1 fully saturated rings. The number of hydrogen-bond acceptors (Lipinski definition) is 2. The summed E-state index contributed by atoms with van der Waals surface area (Å²) in [5.74, 6) is -0.193. The van der Waals surface area contributed by atoms with Gasteiger partial charge >= 0.3 is 0 Å². The fourth-order valence-corrected chi connectivity index (χ4v) is 1.97. The first kappa shape index (κ1) is 11.0. The van der Waals surface area contributed by atoms with Crippen molar-refractivity contribution in [2.75, 3.05) is 6.54 Å². The van der Waals surface area contributed by atoms with Crippen LogP contribution in [0.1, 0.15) is 33.1 Å². The van der Waals surface area contributed by atoms with E-state index < -0.39 is 5.41 Å². The van der Waals surface area contributed by atoms with Crippen molar-refractivity contribution in [3.63, 3.8) is 0 Å². The summed E-state index contributed by atoms with van der Waals surface area (Å²) in [6, 6.07) is 0. The second kappa shape index (κ2) is 3.95. The van der Waals surface area contributed by atoms with E-state index in [9.17, 15) is 9.59 Å². The molecule has 1 aliphatic heterocycles. The molecule has 0 spiro atoms. The van der Waals surface area contributed by atoms with Gasteiger partial charge in [-0.3, -0.25) is 14.5 Å². The Morgan fingerprint density at radius 2 is 2.36 bits per heavy atom. The van der Waals surface area contributed by atoms with Crippen LogP contribution in [0.2, 0.25) is 0 Å². The zero-order valence-electron chi connectivity index (χ0n) is 8.88. The lowest BCUT2D eigenvalue weighted by Crippen LogP contribution is -2.49. The summed E-state index contributed by atoms with van der Waals surface area (Å²) >= 11 is 0. The minimum Gasteiger partial charge on any atom is -0.282 e. The first-order chi connectivity index (χ1) is 6.51. The monoisotopic (exact) mass is 195 g/mol. The zero-order valence-corrected chi connectivity index (χ0v) is 8.88. The van der Waals surface area contributed by atoms with E-state index in [1.807, 2.05) is 6.92 Å². The lowest BCUT2D eigenvalue weighted by molar-refractivity contribution is -0.153. The van der Waals surface area contributed by atoms with E-state index in [0.717, 1.165) is 12.8 Å². The normalized spacial score (nSPS) is 27.6. The Kier molecular flexibility index (Phi) is 3.09. The van der Waals surface area contributed by atoms with Crippen molar-refractivity contribution in [3.05, 3.63) is 12.7 Å². The SMILES string of the molecule is C=CCC1(C)CCCN(C(C)=O)C1=O. The van der Waals surface area contributed by atoms with Crippen molar-refractivity contribution in [1.82, 2.24) is 4.90 Å². The van der Waals surface area contributed by atoms with Gasteiger partial charge in [0, 0.05) is 13.5 Å². The van der Waals surface area contributed by atoms with E-state index in [1.54, 1.807) is 6.08 Å². The number of allylic oxidation sites excluding steroid dienone is 1. The lowest BCUT2D eigenvalue weighted by Gasteiger charge is -2.37. The van der Waals surface area contributed by atoms with Crippen molar-refractivity contribution in [2.45, 2.75) is 33.1 Å². The number of carbonyl (C=O) groups is 2. The van der Waals surface area contributed by atoms with Gasteiger partial charge in [-0.1, -0.05) is 13.0 Å². The molecule has 1 aliphatic rings. The predicted molar refractivity (Wildman–Crippen MR) is 54.5 cm³/mol. The van der Waals surface area contributed by atoms with E-state index in [1.165, 1.54) is 11.8 Å². The average molecular weight is 195 g/mol. The standard InChI is InChI=1S/C11H17NO2/c1-4-6-11(3)7-5-8-12(9(2)13)10(11)14/h4H,1,5-8H2,2-3H3. The number of likely N-dealkylation sites (tertiary alicyclic amines) is 1. The Bertz CT molecular complexity index is 272. The van der Waals surface area contributed by atoms with Gasteiger partial charge in [-0.25, -0.2) is 0 Å². The van der Waals surface area contributed by atoms with Gasteiger partial charge in [-0.15, -0.1) is 6.58 Å². The number of piperidine rings is 1. The Morgan fingerprint density at radius 1 is 1.71 bits per heavy atom. The number of carbonyl (C=O) groups excluding carboxylic acids is 2. The molecule has 1 unspecified atom stereocenters. The fraction of sp³-hybridized carbons (Fsp3) is 0.636. The smallest absolute Gasteiger partial charge is 0.235 e. The molecule has 78 valence electrons. The summed E-state index contributed by atoms with van der Waals surface area (Å²) < 4.78 is 0. The highest BCUT2D eigenvalue weighted by molar-refractivity contribution is 5.97. The maximum atomic E-state index is 11.9. The van der Waals surface area contributed by atoms with Gasteiger partial charge in [0.25, 0.3) is 0 Å². The van der Waals surface area contributed by atoms with Gasteiger partial charge in [0.1, 0.15) is 0 Å². The molecule has 0 bridgehead atoms. The van der Waals surface area contributed by atoms with Crippen LogP contribution < -0.4 is 0 Å². The van der Waals surface area contributed by atoms with Crippen molar-refractivity contribution in [3.8, 4) is 0 Å². The number of imide groups is 1. The van der Waals surface area contributed by atoms with Crippen molar-refractivity contribution < 1.29 is 9.59 Å². The predicted octanol–water partition coefficient (Wildman–Crippen LogP) is 1.74. The summed E-state index contributed by atoms with van der Waals surface area (Å²) in [5, 5.41) is 0. The molecule has 1 atom stereocenters. The maximum Gasteiger partial charge on any atom is 0.235 e. The quantitative estimate of drug-likeness (QED) is 0.629. The zero-order chi connectivity index (χ0) is 10.8. The van der Waals surface area contributed by atoms with Gasteiger partial charge in [-0.05, 0) is 19.3 Å². The highest BCUT2D eigenvalue weighted by atomic mass is 16.2. The average Bonchev–Trinajstić information content (AvgIpc) is 2.10. The van der Waals surface area contributed by atoms with Gasteiger partial charge in [0.15, 0.2) is 0 Å². The molecule has 0 aromatic carbocycles. The number of rotatable bonds is 2. The molecule has 0 aromatic rings. The summed E-state index contributed by atoms with van der Waals surface area (Å²) in [7, 11) is 0. The van der Waals surface area contributed by atoms with Crippen LogP contribution in [0.4, 0.5) is 0 Å². The first-order valence-corrected chi connectivity index (χ1v) is 4.95. The van der Waals surface area contributed by atoms with Crippen LogP contribution >= 0.6 is 0 Å². The van der Waals surface area contributed by atoms with Crippen molar-refractivity contribution in [2.24, 2.45) is 5.41 Å². The Hall–Kier alpha value is -1.12. The van der Waals surface area contributed by atoms with E-state index >= 15 is 0 Å². The Morgan fingerprint density at radius 3 is 2.86 bits per heavy atom. The summed E-state index contributed by atoms with van der Waals surface area (Å²) in [6.07, 6.45) is 4.15. The molecule has 1 saturated heterocycles. The van der Waals surface area contributed by atoms with Gasteiger partial charge < -0.3 is 0 Å². The molecule has 0 N–H and O–H groups in total. The van der Waals surface area contributed by atoms with Crippen LogP contribution in [-0.4, -0.2) is 23.3 Å². The number of amides is 2.